The van der Waals surface area contributed by atoms with Crippen molar-refractivity contribution in [2.75, 3.05) is 13.6 Å². The molecule has 1 aromatic carbocycles. The van der Waals surface area contributed by atoms with Crippen molar-refractivity contribution in [1.29, 1.82) is 0 Å². The number of piperidine rings is 1. The molecule has 3 fully saturated rings. The summed E-state index contributed by atoms with van der Waals surface area (Å²) in [5.41, 5.74) is 2.12. The van der Waals surface area contributed by atoms with Crippen LogP contribution in [0.25, 0.3) is 0 Å². The molecule has 1 saturated carbocycles. The van der Waals surface area contributed by atoms with Gasteiger partial charge in [-0.3, -0.25) is 9.59 Å². The fraction of sp³-hybridized carbons (Fsp3) is 0.619. The molecule has 7 heteroatoms. The average molecular weight is 385 g/mol. The Balaban J connectivity index is 1.56. The summed E-state index contributed by atoms with van der Waals surface area (Å²) in [7, 11) is 2.18. The number of hydrogen-bond acceptors (Lipinski definition) is 7. The summed E-state index contributed by atoms with van der Waals surface area (Å²) in [6, 6.07) is 4.26. The zero-order chi connectivity index (χ0) is 19.4. The zero-order valence-corrected chi connectivity index (χ0v) is 16.1. The molecule has 148 valence electrons. The number of likely N-dealkylation sites (tertiary alicyclic amines) is 1. The molecule has 0 amide bonds. The number of esters is 2. The lowest BCUT2D eigenvalue weighted by Gasteiger charge is -2.57. The highest BCUT2D eigenvalue weighted by atomic mass is 16.6. The van der Waals surface area contributed by atoms with Gasteiger partial charge in [-0.1, -0.05) is 6.07 Å². The number of hydrogen-bond donors (Lipinski definition) is 0. The Bertz CT molecular complexity index is 914. The van der Waals surface area contributed by atoms with Gasteiger partial charge in [0.05, 0.1) is 6.10 Å². The number of carbonyl (C=O) groups excluding carboxylic acids is 2. The van der Waals surface area contributed by atoms with Gasteiger partial charge in [0.25, 0.3) is 0 Å². The summed E-state index contributed by atoms with van der Waals surface area (Å²) >= 11 is 0. The number of epoxide rings is 1. The first-order chi connectivity index (χ1) is 13.4. The van der Waals surface area contributed by atoms with Gasteiger partial charge in [-0.2, -0.15) is 0 Å². The molecule has 2 aliphatic carbocycles. The second-order valence-electron chi connectivity index (χ2n) is 8.77. The molecule has 28 heavy (non-hydrogen) atoms. The van der Waals surface area contributed by atoms with Gasteiger partial charge in [0.15, 0.2) is 17.6 Å². The first-order valence-electron chi connectivity index (χ1n) is 9.96. The zero-order valence-electron chi connectivity index (χ0n) is 16.1. The monoisotopic (exact) mass is 385 g/mol. The van der Waals surface area contributed by atoms with E-state index in [9.17, 15) is 9.59 Å². The molecule has 0 radical (unpaired) electrons. The summed E-state index contributed by atoms with van der Waals surface area (Å²) in [6.07, 6.45) is 1.04. The van der Waals surface area contributed by atoms with E-state index in [0.717, 1.165) is 24.9 Å². The average Bonchev–Trinajstić information content (AvgIpc) is 3.34. The third-order valence-corrected chi connectivity index (χ3v) is 7.40. The molecule has 1 spiro atoms. The number of fused-ring (bicyclic) bond motifs is 1. The number of nitrogens with zero attached hydrogens (tertiary/aromatic N) is 1. The van der Waals surface area contributed by atoms with Gasteiger partial charge in [0.1, 0.15) is 12.2 Å². The lowest BCUT2D eigenvalue weighted by atomic mass is 9.51. The molecule has 7 atom stereocenters. The molecule has 3 heterocycles. The van der Waals surface area contributed by atoms with Crippen molar-refractivity contribution in [3.8, 4) is 11.5 Å². The number of benzene rings is 1. The standard InChI is InChI=1S/C21H23NO6/c1-9(23)25-13-5-4-11-8-12-15-17-18(27-17)19(26-10(2)24)20-21(15,6-7-22(12)3)14(11)16(13)28-20/h4-5,12,15,17-20H,6-8H2,1-3H3/t12-,15-,17-,18-,19+,20+,21-/m1/s1. The maximum absolute atomic E-state index is 11.8. The van der Waals surface area contributed by atoms with Crippen LogP contribution in [0.3, 0.4) is 0 Å². The minimum atomic E-state index is -0.439. The normalized spacial score (nSPS) is 41.4. The molecule has 1 aromatic rings. The lowest BCUT2D eigenvalue weighted by Crippen LogP contribution is -2.69. The van der Waals surface area contributed by atoms with E-state index in [0.29, 0.717) is 17.5 Å². The Morgan fingerprint density at radius 2 is 2.04 bits per heavy atom. The van der Waals surface area contributed by atoms with Crippen molar-refractivity contribution in [2.45, 2.75) is 62.6 Å². The fourth-order valence-electron chi connectivity index (χ4n) is 6.51. The fourth-order valence-corrected chi connectivity index (χ4v) is 6.51. The molecule has 2 saturated heterocycles. The van der Waals surface area contributed by atoms with E-state index in [1.54, 1.807) is 0 Å². The van der Waals surface area contributed by atoms with E-state index in [1.165, 1.54) is 19.4 Å². The smallest absolute Gasteiger partial charge is 0.308 e. The summed E-state index contributed by atoms with van der Waals surface area (Å²) < 4.78 is 23.8. The van der Waals surface area contributed by atoms with E-state index in [1.807, 2.05) is 6.07 Å². The third kappa shape index (κ3) is 1.91. The van der Waals surface area contributed by atoms with Gasteiger partial charge in [-0.05, 0) is 38.1 Å². The maximum Gasteiger partial charge on any atom is 0.308 e. The molecule has 6 rings (SSSR count). The SMILES string of the molecule is CC(=O)Oc1ccc2c3c1O[C@H]1[C@@H](OC(C)=O)[C@@H]4O[C@@H]4[C@H]4[C@@H](C2)N(C)CC[C@@]341. The van der Waals surface area contributed by atoms with Crippen molar-refractivity contribution < 1.29 is 28.5 Å². The number of rotatable bonds is 2. The van der Waals surface area contributed by atoms with Crippen LogP contribution in [0.1, 0.15) is 31.4 Å². The number of likely N-dealkylation sites (N-methyl/N-ethyl adjacent to an activating group) is 1. The molecule has 0 unspecified atom stereocenters. The van der Waals surface area contributed by atoms with Gasteiger partial charge in [0, 0.05) is 36.8 Å². The Morgan fingerprint density at radius 1 is 1.21 bits per heavy atom. The van der Waals surface area contributed by atoms with E-state index < -0.39 is 6.10 Å². The molecule has 3 aliphatic heterocycles. The molecular formula is C21H23NO6. The molecule has 0 aromatic heterocycles. The van der Waals surface area contributed by atoms with Crippen molar-refractivity contribution in [2.24, 2.45) is 5.92 Å². The predicted molar refractivity (Wildman–Crippen MR) is 96.3 cm³/mol. The van der Waals surface area contributed by atoms with E-state index in [4.69, 9.17) is 18.9 Å². The van der Waals surface area contributed by atoms with E-state index in [2.05, 4.69) is 18.0 Å². The van der Waals surface area contributed by atoms with Crippen LogP contribution in [0.4, 0.5) is 0 Å². The topological polar surface area (TPSA) is 77.6 Å². The molecule has 0 N–H and O–H groups in total. The van der Waals surface area contributed by atoms with Crippen molar-refractivity contribution >= 4 is 11.9 Å². The Hall–Kier alpha value is -2.12. The first-order valence-corrected chi connectivity index (χ1v) is 9.96. The molecule has 7 nitrogen and oxygen atoms in total. The van der Waals surface area contributed by atoms with Crippen LogP contribution in [0, 0.1) is 5.92 Å². The minimum absolute atomic E-state index is 0.0773. The Labute approximate surface area is 162 Å². The predicted octanol–water partition coefficient (Wildman–Crippen LogP) is 1.20. The number of ether oxygens (including phenoxy) is 4. The highest BCUT2D eigenvalue weighted by molar-refractivity contribution is 5.73. The summed E-state index contributed by atoms with van der Waals surface area (Å²) in [5.74, 6) is 0.707. The largest absolute Gasteiger partial charge is 0.481 e. The van der Waals surface area contributed by atoms with Gasteiger partial charge in [0.2, 0.25) is 0 Å². The molecule has 2 bridgehead atoms. The second kappa shape index (κ2) is 5.27. The van der Waals surface area contributed by atoms with Gasteiger partial charge < -0.3 is 23.8 Å². The maximum atomic E-state index is 11.8. The molecular weight excluding hydrogens is 362 g/mol. The third-order valence-electron chi connectivity index (χ3n) is 7.40. The Morgan fingerprint density at radius 3 is 2.79 bits per heavy atom. The second-order valence-corrected chi connectivity index (χ2v) is 8.77. The van der Waals surface area contributed by atoms with Crippen LogP contribution >= 0.6 is 0 Å². The quantitative estimate of drug-likeness (QED) is 0.430. The lowest BCUT2D eigenvalue weighted by molar-refractivity contribution is -0.160. The van der Waals surface area contributed by atoms with Crippen molar-refractivity contribution in [3.05, 3.63) is 23.3 Å². The van der Waals surface area contributed by atoms with Crippen LogP contribution in [0.15, 0.2) is 12.1 Å². The van der Waals surface area contributed by atoms with E-state index in [-0.39, 0.29) is 41.6 Å². The van der Waals surface area contributed by atoms with Crippen molar-refractivity contribution in [3.63, 3.8) is 0 Å². The highest BCUT2D eigenvalue weighted by Crippen LogP contribution is 2.67. The van der Waals surface area contributed by atoms with Crippen LogP contribution in [-0.2, 0) is 30.9 Å². The van der Waals surface area contributed by atoms with Crippen LogP contribution in [0.5, 0.6) is 11.5 Å². The van der Waals surface area contributed by atoms with Gasteiger partial charge in [-0.25, -0.2) is 0 Å². The van der Waals surface area contributed by atoms with Crippen molar-refractivity contribution in [1.82, 2.24) is 4.90 Å². The van der Waals surface area contributed by atoms with Crippen LogP contribution in [0.2, 0.25) is 0 Å². The van der Waals surface area contributed by atoms with Gasteiger partial charge >= 0.3 is 11.9 Å². The summed E-state index contributed by atoms with van der Waals surface area (Å²) in [5, 5.41) is 0. The minimum Gasteiger partial charge on any atom is -0.481 e. The number of carbonyl (C=O) groups is 2. The first kappa shape index (κ1) is 16.8. The van der Waals surface area contributed by atoms with E-state index >= 15 is 0 Å². The van der Waals surface area contributed by atoms with Gasteiger partial charge in [-0.15, -0.1) is 0 Å². The highest BCUT2D eigenvalue weighted by Gasteiger charge is 2.76. The van der Waals surface area contributed by atoms with Crippen LogP contribution < -0.4 is 9.47 Å². The summed E-state index contributed by atoms with van der Waals surface area (Å²) in [4.78, 5) is 25.9. The molecule has 5 aliphatic rings. The Kier molecular flexibility index (Phi) is 3.16. The summed E-state index contributed by atoms with van der Waals surface area (Å²) in [6.45, 7) is 3.77. The van der Waals surface area contributed by atoms with Crippen LogP contribution in [-0.4, -0.2) is 60.9 Å².